The number of nitriles is 1. The van der Waals surface area contributed by atoms with Gasteiger partial charge in [-0.05, 0) is 43.2 Å². The molecule has 0 amide bonds. The monoisotopic (exact) mass is 265 g/mol. The Balaban J connectivity index is 2.28. The number of aryl methyl sites for hydroxylation is 2. The van der Waals surface area contributed by atoms with Gasteiger partial charge < -0.3 is 8.98 Å². The van der Waals surface area contributed by atoms with Crippen LogP contribution in [0.25, 0.3) is 22.6 Å². The second kappa shape index (κ2) is 4.86. The first-order valence-electron chi connectivity index (χ1n) is 6.69. The summed E-state index contributed by atoms with van der Waals surface area (Å²) in [5.74, 6) is 1.63. The number of rotatable bonds is 3. The van der Waals surface area contributed by atoms with E-state index in [0.717, 1.165) is 41.1 Å². The van der Waals surface area contributed by atoms with E-state index in [4.69, 9.17) is 9.68 Å². The highest BCUT2D eigenvalue weighted by Crippen LogP contribution is 2.28. The van der Waals surface area contributed by atoms with Crippen molar-refractivity contribution in [2.45, 2.75) is 26.8 Å². The Morgan fingerprint density at radius 1 is 1.35 bits per heavy atom. The molecule has 0 saturated carbocycles. The molecule has 100 valence electrons. The van der Waals surface area contributed by atoms with Gasteiger partial charge in [0.25, 0.3) is 0 Å². The van der Waals surface area contributed by atoms with Gasteiger partial charge in [0.05, 0.1) is 28.9 Å². The van der Waals surface area contributed by atoms with Crippen LogP contribution in [0.5, 0.6) is 0 Å². The zero-order valence-corrected chi connectivity index (χ0v) is 11.6. The molecule has 0 aliphatic rings. The molecule has 0 radical (unpaired) electrons. The van der Waals surface area contributed by atoms with Crippen LogP contribution in [0, 0.1) is 18.3 Å². The number of benzene rings is 1. The third kappa shape index (κ3) is 1.88. The Morgan fingerprint density at radius 2 is 2.20 bits per heavy atom. The molecule has 0 unspecified atom stereocenters. The molecule has 0 aliphatic carbocycles. The average Bonchev–Trinajstić information content (AvgIpc) is 3.02. The standard InChI is InChI=1S/C16H15N3O/c1-3-7-19-14-5-4-12(10-17)9-13(14)18-16(19)15-11(2)6-8-20-15/h4-6,8-9H,3,7H2,1-2H3. The molecule has 2 aromatic heterocycles. The van der Waals surface area contributed by atoms with Crippen molar-refractivity contribution in [1.29, 1.82) is 5.26 Å². The van der Waals surface area contributed by atoms with Gasteiger partial charge in [0.15, 0.2) is 11.6 Å². The maximum absolute atomic E-state index is 9.00. The molecule has 3 rings (SSSR count). The number of fused-ring (bicyclic) bond motifs is 1. The molecule has 1 aromatic carbocycles. The molecular formula is C16H15N3O. The normalized spacial score (nSPS) is 10.8. The van der Waals surface area contributed by atoms with Crippen LogP contribution >= 0.6 is 0 Å². The van der Waals surface area contributed by atoms with Gasteiger partial charge in [0.2, 0.25) is 0 Å². The van der Waals surface area contributed by atoms with E-state index in [2.05, 4.69) is 22.5 Å². The van der Waals surface area contributed by atoms with E-state index < -0.39 is 0 Å². The molecule has 0 bridgehead atoms. The first-order valence-corrected chi connectivity index (χ1v) is 6.69. The SMILES string of the molecule is CCCn1c(-c2occc2C)nc2cc(C#N)ccc21. The molecule has 0 N–H and O–H groups in total. The summed E-state index contributed by atoms with van der Waals surface area (Å²) in [6.45, 7) is 5.02. The zero-order chi connectivity index (χ0) is 14.1. The Bertz CT molecular complexity index is 805. The van der Waals surface area contributed by atoms with Crippen molar-refractivity contribution in [3.8, 4) is 17.7 Å². The van der Waals surface area contributed by atoms with E-state index in [1.165, 1.54) is 0 Å². The van der Waals surface area contributed by atoms with Crippen LogP contribution in [-0.2, 0) is 6.54 Å². The summed E-state index contributed by atoms with van der Waals surface area (Å²) in [5.41, 5.74) is 3.57. The van der Waals surface area contributed by atoms with Crippen LogP contribution in [0.3, 0.4) is 0 Å². The van der Waals surface area contributed by atoms with Crippen molar-refractivity contribution in [1.82, 2.24) is 9.55 Å². The lowest BCUT2D eigenvalue weighted by Gasteiger charge is -2.06. The van der Waals surface area contributed by atoms with E-state index in [1.54, 1.807) is 6.26 Å². The van der Waals surface area contributed by atoms with E-state index in [-0.39, 0.29) is 0 Å². The minimum absolute atomic E-state index is 0.626. The van der Waals surface area contributed by atoms with Crippen LogP contribution in [0.1, 0.15) is 24.5 Å². The largest absolute Gasteiger partial charge is 0.461 e. The van der Waals surface area contributed by atoms with E-state index in [1.807, 2.05) is 31.2 Å². The van der Waals surface area contributed by atoms with Crippen molar-refractivity contribution in [2.24, 2.45) is 0 Å². The molecule has 20 heavy (non-hydrogen) atoms. The zero-order valence-electron chi connectivity index (χ0n) is 11.6. The lowest BCUT2D eigenvalue weighted by Crippen LogP contribution is -1.99. The molecule has 3 aromatic rings. The smallest absolute Gasteiger partial charge is 0.177 e. The summed E-state index contributed by atoms with van der Waals surface area (Å²) in [5, 5.41) is 9.00. The highest BCUT2D eigenvalue weighted by Gasteiger charge is 2.16. The Kier molecular flexibility index (Phi) is 3.03. The number of imidazole rings is 1. The summed E-state index contributed by atoms with van der Waals surface area (Å²) in [4.78, 5) is 4.66. The van der Waals surface area contributed by atoms with E-state index in [0.29, 0.717) is 5.56 Å². The van der Waals surface area contributed by atoms with Crippen molar-refractivity contribution in [2.75, 3.05) is 0 Å². The summed E-state index contributed by atoms with van der Waals surface area (Å²) >= 11 is 0. The lowest BCUT2D eigenvalue weighted by molar-refractivity contribution is 0.567. The van der Waals surface area contributed by atoms with Crippen LogP contribution in [0.15, 0.2) is 34.9 Å². The highest BCUT2D eigenvalue weighted by molar-refractivity contribution is 5.81. The molecule has 4 nitrogen and oxygen atoms in total. The Hall–Kier alpha value is -2.54. The van der Waals surface area contributed by atoms with Crippen molar-refractivity contribution >= 4 is 11.0 Å². The maximum atomic E-state index is 9.00. The first kappa shape index (κ1) is 12.5. The summed E-state index contributed by atoms with van der Waals surface area (Å²) < 4.78 is 7.73. The van der Waals surface area contributed by atoms with E-state index >= 15 is 0 Å². The highest BCUT2D eigenvalue weighted by atomic mass is 16.3. The van der Waals surface area contributed by atoms with Gasteiger partial charge in [0, 0.05) is 6.54 Å². The Morgan fingerprint density at radius 3 is 2.85 bits per heavy atom. The van der Waals surface area contributed by atoms with Crippen LogP contribution in [0.4, 0.5) is 0 Å². The summed E-state index contributed by atoms with van der Waals surface area (Å²) in [6, 6.07) is 9.70. The van der Waals surface area contributed by atoms with Crippen LogP contribution < -0.4 is 0 Å². The quantitative estimate of drug-likeness (QED) is 0.722. The third-order valence-corrected chi connectivity index (χ3v) is 3.39. The minimum atomic E-state index is 0.626. The predicted octanol–water partition coefficient (Wildman–Crippen LogP) is 3.89. The molecule has 0 aliphatic heterocycles. The first-order chi connectivity index (χ1) is 9.74. The lowest BCUT2D eigenvalue weighted by atomic mass is 10.2. The van der Waals surface area contributed by atoms with Crippen molar-refractivity contribution < 1.29 is 4.42 Å². The van der Waals surface area contributed by atoms with Gasteiger partial charge >= 0.3 is 0 Å². The molecule has 0 spiro atoms. The van der Waals surface area contributed by atoms with Gasteiger partial charge in [0.1, 0.15) is 0 Å². The van der Waals surface area contributed by atoms with Gasteiger partial charge in [-0.15, -0.1) is 0 Å². The van der Waals surface area contributed by atoms with Crippen molar-refractivity contribution in [3.05, 3.63) is 41.7 Å². The predicted molar refractivity (Wildman–Crippen MR) is 77.2 cm³/mol. The molecule has 4 heteroatoms. The second-order valence-corrected chi connectivity index (χ2v) is 4.84. The van der Waals surface area contributed by atoms with Gasteiger partial charge in [-0.25, -0.2) is 4.98 Å². The van der Waals surface area contributed by atoms with E-state index in [9.17, 15) is 0 Å². The fraction of sp³-hybridized carbons (Fsp3) is 0.250. The number of hydrogen-bond acceptors (Lipinski definition) is 3. The molecule has 0 fully saturated rings. The van der Waals surface area contributed by atoms with Crippen LogP contribution in [0.2, 0.25) is 0 Å². The second-order valence-electron chi connectivity index (χ2n) is 4.84. The maximum Gasteiger partial charge on any atom is 0.177 e. The van der Waals surface area contributed by atoms with Crippen LogP contribution in [-0.4, -0.2) is 9.55 Å². The molecule has 2 heterocycles. The fourth-order valence-electron chi connectivity index (χ4n) is 2.42. The Labute approximate surface area is 117 Å². The number of nitrogens with zero attached hydrogens (tertiary/aromatic N) is 3. The molecule has 0 saturated heterocycles. The van der Waals surface area contributed by atoms with Gasteiger partial charge in [-0.3, -0.25) is 0 Å². The van der Waals surface area contributed by atoms with Gasteiger partial charge in [-0.1, -0.05) is 6.92 Å². The number of aromatic nitrogens is 2. The topological polar surface area (TPSA) is 54.8 Å². The summed E-state index contributed by atoms with van der Waals surface area (Å²) in [6.07, 6.45) is 2.69. The van der Waals surface area contributed by atoms with Crippen molar-refractivity contribution in [3.63, 3.8) is 0 Å². The third-order valence-electron chi connectivity index (χ3n) is 3.39. The molecular weight excluding hydrogens is 250 g/mol. The minimum Gasteiger partial charge on any atom is -0.461 e. The number of hydrogen-bond donors (Lipinski definition) is 0. The number of furan rings is 1. The average molecular weight is 265 g/mol. The molecule has 0 atom stereocenters. The summed E-state index contributed by atoms with van der Waals surface area (Å²) in [7, 11) is 0. The van der Waals surface area contributed by atoms with Gasteiger partial charge in [-0.2, -0.15) is 5.26 Å². The fourth-order valence-corrected chi connectivity index (χ4v) is 2.42.